The van der Waals surface area contributed by atoms with E-state index in [9.17, 15) is 4.79 Å². The molecule has 2 aromatic heterocycles. The first-order valence-corrected chi connectivity index (χ1v) is 8.92. The Morgan fingerprint density at radius 2 is 2.04 bits per heavy atom. The molecule has 0 saturated carbocycles. The summed E-state index contributed by atoms with van der Waals surface area (Å²) in [4.78, 5) is 12.2. The van der Waals surface area contributed by atoms with Crippen LogP contribution in [0.2, 0.25) is 0 Å². The highest BCUT2D eigenvalue weighted by molar-refractivity contribution is 7.99. The summed E-state index contributed by atoms with van der Waals surface area (Å²) in [7, 11) is 0. The number of furan rings is 1. The number of carbonyl (C=O) groups is 1. The van der Waals surface area contributed by atoms with E-state index in [2.05, 4.69) is 29.4 Å². The molecule has 1 aromatic carbocycles. The standard InChI is InChI=1S/C18H19N3O3S/c1-11(2)13-6-4-5-7-15(13)19-16(22)10-25-18-21-20-17(24-18)14-8-9-23-12(14)3/h4-9,11H,10H2,1-3H3,(H,19,22). The number of thioether (sulfide) groups is 1. The van der Waals surface area contributed by atoms with Crippen molar-refractivity contribution in [3.05, 3.63) is 47.9 Å². The number of amides is 1. The van der Waals surface area contributed by atoms with Crippen LogP contribution in [0.25, 0.3) is 11.5 Å². The van der Waals surface area contributed by atoms with Crippen molar-refractivity contribution in [2.24, 2.45) is 0 Å². The number of aromatic nitrogens is 2. The first-order valence-electron chi connectivity index (χ1n) is 7.94. The van der Waals surface area contributed by atoms with Gasteiger partial charge in [-0.1, -0.05) is 43.8 Å². The molecule has 0 radical (unpaired) electrons. The molecule has 3 aromatic rings. The number of anilines is 1. The smallest absolute Gasteiger partial charge is 0.277 e. The lowest BCUT2D eigenvalue weighted by Gasteiger charge is -2.13. The van der Waals surface area contributed by atoms with Crippen LogP contribution in [0.4, 0.5) is 5.69 Å². The van der Waals surface area contributed by atoms with Crippen LogP contribution >= 0.6 is 11.8 Å². The summed E-state index contributed by atoms with van der Waals surface area (Å²) in [5.41, 5.74) is 2.70. The number of aryl methyl sites for hydroxylation is 1. The first-order chi connectivity index (χ1) is 12.0. The quantitative estimate of drug-likeness (QED) is 0.655. The van der Waals surface area contributed by atoms with E-state index < -0.39 is 0 Å². The Kier molecular flexibility index (Phi) is 5.23. The third kappa shape index (κ3) is 4.11. The molecular weight excluding hydrogens is 338 g/mol. The molecule has 1 amide bonds. The lowest BCUT2D eigenvalue weighted by molar-refractivity contribution is -0.113. The van der Waals surface area contributed by atoms with Crippen LogP contribution in [-0.2, 0) is 4.79 Å². The minimum Gasteiger partial charge on any atom is -0.469 e. The van der Waals surface area contributed by atoms with Crippen molar-refractivity contribution in [1.29, 1.82) is 0 Å². The van der Waals surface area contributed by atoms with Gasteiger partial charge in [0.05, 0.1) is 17.6 Å². The fraction of sp³-hybridized carbons (Fsp3) is 0.278. The molecule has 6 nitrogen and oxygen atoms in total. The van der Waals surface area contributed by atoms with Gasteiger partial charge in [0.25, 0.3) is 11.1 Å². The Labute approximate surface area is 150 Å². The molecule has 0 saturated heterocycles. The zero-order valence-corrected chi connectivity index (χ0v) is 15.1. The number of carbonyl (C=O) groups excluding carboxylic acids is 1. The summed E-state index contributed by atoms with van der Waals surface area (Å²) in [5.74, 6) is 1.51. The van der Waals surface area contributed by atoms with Crippen LogP contribution < -0.4 is 5.32 Å². The van der Waals surface area contributed by atoms with Crippen LogP contribution in [0.3, 0.4) is 0 Å². The van der Waals surface area contributed by atoms with Crippen molar-refractivity contribution in [2.45, 2.75) is 31.9 Å². The number of benzene rings is 1. The molecule has 0 bridgehead atoms. The van der Waals surface area contributed by atoms with Crippen molar-refractivity contribution in [2.75, 3.05) is 11.1 Å². The molecule has 3 rings (SSSR count). The highest BCUT2D eigenvalue weighted by Crippen LogP contribution is 2.27. The second-order valence-electron chi connectivity index (χ2n) is 5.84. The van der Waals surface area contributed by atoms with Gasteiger partial charge in [0.1, 0.15) is 5.76 Å². The van der Waals surface area contributed by atoms with Gasteiger partial charge >= 0.3 is 0 Å². The average Bonchev–Trinajstić information content (AvgIpc) is 3.21. The van der Waals surface area contributed by atoms with E-state index in [1.807, 2.05) is 31.2 Å². The summed E-state index contributed by atoms with van der Waals surface area (Å²) in [6.45, 7) is 6.01. The summed E-state index contributed by atoms with van der Waals surface area (Å²) in [5, 5.41) is 11.2. The van der Waals surface area contributed by atoms with Crippen molar-refractivity contribution < 1.29 is 13.6 Å². The van der Waals surface area contributed by atoms with Crippen molar-refractivity contribution in [3.8, 4) is 11.5 Å². The fourth-order valence-corrected chi connectivity index (χ4v) is 2.97. The average molecular weight is 357 g/mol. The van der Waals surface area contributed by atoms with Crippen molar-refractivity contribution in [1.82, 2.24) is 10.2 Å². The lowest BCUT2D eigenvalue weighted by atomic mass is 10.0. The minimum absolute atomic E-state index is 0.114. The van der Waals surface area contributed by atoms with Crippen molar-refractivity contribution in [3.63, 3.8) is 0 Å². The topological polar surface area (TPSA) is 81.2 Å². The zero-order valence-electron chi connectivity index (χ0n) is 14.3. The Hall–Kier alpha value is -2.54. The Bertz CT molecular complexity index is 870. The van der Waals surface area contributed by atoms with Gasteiger partial charge in [-0.3, -0.25) is 4.79 Å². The highest BCUT2D eigenvalue weighted by Gasteiger charge is 2.15. The van der Waals surface area contributed by atoms with E-state index in [1.54, 1.807) is 12.3 Å². The van der Waals surface area contributed by atoms with E-state index in [-0.39, 0.29) is 11.7 Å². The molecule has 25 heavy (non-hydrogen) atoms. The molecule has 0 unspecified atom stereocenters. The maximum atomic E-state index is 12.2. The predicted molar refractivity (Wildman–Crippen MR) is 96.6 cm³/mol. The van der Waals surface area contributed by atoms with Gasteiger partial charge in [-0.15, -0.1) is 10.2 Å². The Morgan fingerprint density at radius 1 is 1.24 bits per heavy atom. The van der Waals surface area contributed by atoms with Crippen molar-refractivity contribution >= 4 is 23.4 Å². The van der Waals surface area contributed by atoms with Gasteiger partial charge in [-0.25, -0.2) is 0 Å². The molecule has 0 spiro atoms. The van der Waals surface area contributed by atoms with Gasteiger partial charge in [-0.2, -0.15) is 0 Å². The van der Waals surface area contributed by atoms with Crippen LogP contribution in [0, 0.1) is 6.92 Å². The number of hydrogen-bond donors (Lipinski definition) is 1. The molecule has 0 aliphatic carbocycles. The van der Waals surface area contributed by atoms with Crippen LogP contribution in [0.5, 0.6) is 0 Å². The number of para-hydroxylation sites is 1. The van der Waals surface area contributed by atoms with E-state index >= 15 is 0 Å². The normalized spacial score (nSPS) is 11.0. The summed E-state index contributed by atoms with van der Waals surface area (Å²) >= 11 is 1.20. The van der Waals surface area contributed by atoms with E-state index in [0.717, 1.165) is 16.8 Å². The Morgan fingerprint density at radius 3 is 2.76 bits per heavy atom. The largest absolute Gasteiger partial charge is 0.469 e. The van der Waals surface area contributed by atoms with Gasteiger partial charge in [0.2, 0.25) is 5.91 Å². The monoisotopic (exact) mass is 357 g/mol. The van der Waals surface area contributed by atoms with Gasteiger partial charge in [0.15, 0.2) is 0 Å². The molecule has 0 atom stereocenters. The van der Waals surface area contributed by atoms with Crippen LogP contribution in [0.15, 0.2) is 50.7 Å². The number of hydrogen-bond acceptors (Lipinski definition) is 6. The van der Waals surface area contributed by atoms with Crippen LogP contribution in [-0.4, -0.2) is 21.9 Å². The number of nitrogens with zero attached hydrogens (tertiary/aromatic N) is 2. The summed E-state index contributed by atoms with van der Waals surface area (Å²) < 4.78 is 10.8. The minimum atomic E-state index is -0.114. The number of rotatable bonds is 6. The maximum absolute atomic E-state index is 12.2. The number of nitrogens with one attached hydrogen (secondary N) is 1. The molecule has 0 aliphatic heterocycles. The predicted octanol–water partition coefficient (Wildman–Crippen LogP) is 4.49. The first kappa shape index (κ1) is 17.3. The highest BCUT2D eigenvalue weighted by atomic mass is 32.2. The molecule has 0 aliphatic rings. The third-order valence-electron chi connectivity index (χ3n) is 3.68. The lowest BCUT2D eigenvalue weighted by Crippen LogP contribution is -2.15. The fourth-order valence-electron chi connectivity index (χ4n) is 2.41. The van der Waals surface area contributed by atoms with Gasteiger partial charge in [0, 0.05) is 5.69 Å². The van der Waals surface area contributed by atoms with E-state index in [0.29, 0.717) is 22.8 Å². The molecule has 7 heteroatoms. The molecule has 1 N–H and O–H groups in total. The van der Waals surface area contributed by atoms with Crippen LogP contribution in [0.1, 0.15) is 31.1 Å². The zero-order chi connectivity index (χ0) is 17.8. The summed E-state index contributed by atoms with van der Waals surface area (Å²) in [6.07, 6.45) is 1.57. The Balaban J connectivity index is 1.60. The third-order valence-corrected chi connectivity index (χ3v) is 4.50. The van der Waals surface area contributed by atoms with Gasteiger partial charge < -0.3 is 14.2 Å². The molecule has 2 heterocycles. The second kappa shape index (κ2) is 7.57. The molecule has 0 fully saturated rings. The SMILES string of the molecule is Cc1occc1-c1nnc(SCC(=O)Nc2ccccc2C(C)C)o1. The van der Waals surface area contributed by atoms with E-state index in [4.69, 9.17) is 8.83 Å². The maximum Gasteiger partial charge on any atom is 0.277 e. The molecule has 130 valence electrons. The van der Waals surface area contributed by atoms with Gasteiger partial charge in [-0.05, 0) is 30.5 Å². The summed E-state index contributed by atoms with van der Waals surface area (Å²) in [6, 6.07) is 9.58. The van der Waals surface area contributed by atoms with E-state index in [1.165, 1.54) is 11.8 Å². The second-order valence-corrected chi connectivity index (χ2v) is 6.77. The molecular formula is C18H19N3O3S.